The van der Waals surface area contributed by atoms with Gasteiger partial charge >= 0.3 is 21.1 Å². The van der Waals surface area contributed by atoms with E-state index in [0.29, 0.717) is 0 Å². The van der Waals surface area contributed by atoms with E-state index in [9.17, 15) is 0 Å². The van der Waals surface area contributed by atoms with Crippen LogP contribution >= 0.6 is 0 Å². The van der Waals surface area contributed by atoms with E-state index < -0.39 is 0 Å². The van der Waals surface area contributed by atoms with Gasteiger partial charge in [-0.15, -0.1) is 0 Å². The Hall–Kier alpha value is -0.952. The Bertz CT molecular complexity index is 486. The summed E-state index contributed by atoms with van der Waals surface area (Å²) in [5, 5.41) is 0. The predicted molar refractivity (Wildman–Crippen MR) is 84.3 cm³/mol. The minimum absolute atomic E-state index is 0. The van der Waals surface area contributed by atoms with Gasteiger partial charge in [-0.1, -0.05) is 73.8 Å². The first-order valence-corrected chi connectivity index (χ1v) is 6.27. The van der Waals surface area contributed by atoms with Crippen molar-refractivity contribution in [2.75, 3.05) is 0 Å². The zero-order chi connectivity index (χ0) is 13.4. The summed E-state index contributed by atoms with van der Waals surface area (Å²) < 4.78 is 0. The standard InChI is InChI=1S/2C8H8S.Pt/c2*1-2-7-5-3-4-6-8(7)9;/h2*2-6,9H,1H2;/q;;+2/p-2. The molecule has 0 spiro atoms. The maximum Gasteiger partial charge on any atom is 2.00 e. The molecule has 0 aliphatic heterocycles. The smallest absolute Gasteiger partial charge is 0.779 e. The summed E-state index contributed by atoms with van der Waals surface area (Å²) >= 11 is 9.96. The van der Waals surface area contributed by atoms with Gasteiger partial charge in [0.2, 0.25) is 0 Å². The van der Waals surface area contributed by atoms with Crippen LogP contribution in [0.1, 0.15) is 11.1 Å². The SMILES string of the molecule is C=Cc1ccccc1[S-].C=Cc1ccccc1[S-].[Pt+2]. The van der Waals surface area contributed by atoms with Crippen LogP contribution in [-0.2, 0) is 46.3 Å². The van der Waals surface area contributed by atoms with Crippen molar-refractivity contribution in [2.45, 2.75) is 9.79 Å². The third-order valence-electron chi connectivity index (χ3n) is 2.28. The monoisotopic (exact) mass is 465 g/mol. The van der Waals surface area contributed by atoms with E-state index in [-0.39, 0.29) is 21.1 Å². The molecule has 0 nitrogen and oxygen atoms in total. The Morgan fingerprint density at radius 1 is 0.684 bits per heavy atom. The molecule has 0 fully saturated rings. The second-order valence-electron chi connectivity index (χ2n) is 3.48. The van der Waals surface area contributed by atoms with Crippen LogP contribution in [0.15, 0.2) is 71.5 Å². The molecule has 0 saturated carbocycles. The van der Waals surface area contributed by atoms with Gasteiger partial charge in [-0.3, -0.25) is 0 Å². The van der Waals surface area contributed by atoms with Gasteiger partial charge in [-0.2, -0.15) is 9.79 Å². The third-order valence-corrected chi connectivity index (χ3v) is 3.02. The van der Waals surface area contributed by atoms with E-state index >= 15 is 0 Å². The molecule has 0 aromatic heterocycles. The minimum atomic E-state index is 0. The van der Waals surface area contributed by atoms with Gasteiger partial charge < -0.3 is 25.3 Å². The van der Waals surface area contributed by atoms with Crippen LogP contribution in [0.5, 0.6) is 0 Å². The van der Waals surface area contributed by atoms with Crippen molar-refractivity contribution in [3.05, 3.63) is 72.8 Å². The fourth-order valence-electron chi connectivity index (χ4n) is 1.30. The van der Waals surface area contributed by atoms with Crippen molar-refractivity contribution in [3.8, 4) is 0 Å². The van der Waals surface area contributed by atoms with Crippen molar-refractivity contribution in [1.29, 1.82) is 0 Å². The minimum Gasteiger partial charge on any atom is -0.779 e. The molecule has 0 aliphatic carbocycles. The molecule has 19 heavy (non-hydrogen) atoms. The first kappa shape index (κ1) is 18.0. The second-order valence-corrected chi connectivity index (χ2v) is 4.36. The van der Waals surface area contributed by atoms with Crippen LogP contribution < -0.4 is 0 Å². The molecule has 0 bridgehead atoms. The summed E-state index contributed by atoms with van der Waals surface area (Å²) in [4.78, 5) is 1.74. The van der Waals surface area contributed by atoms with Crippen molar-refractivity contribution in [2.24, 2.45) is 0 Å². The zero-order valence-corrected chi connectivity index (χ0v) is 14.2. The summed E-state index contributed by atoms with van der Waals surface area (Å²) in [6.45, 7) is 7.25. The first-order valence-electron chi connectivity index (χ1n) is 5.46. The molecular weight excluding hydrogens is 451 g/mol. The van der Waals surface area contributed by atoms with Crippen molar-refractivity contribution < 1.29 is 21.1 Å². The fraction of sp³-hybridized carbons (Fsp3) is 0. The molecule has 0 unspecified atom stereocenters. The normalized spacial score (nSPS) is 8.42. The van der Waals surface area contributed by atoms with Crippen molar-refractivity contribution in [3.63, 3.8) is 0 Å². The van der Waals surface area contributed by atoms with Crippen LogP contribution in [-0.4, -0.2) is 0 Å². The Kier molecular flexibility index (Phi) is 9.41. The van der Waals surface area contributed by atoms with Gasteiger partial charge in [0.25, 0.3) is 0 Å². The average molecular weight is 466 g/mol. The molecule has 0 heterocycles. The zero-order valence-electron chi connectivity index (χ0n) is 10.3. The largest absolute Gasteiger partial charge is 2.00 e. The van der Waals surface area contributed by atoms with Gasteiger partial charge in [0.15, 0.2) is 0 Å². The summed E-state index contributed by atoms with van der Waals surface area (Å²) in [6, 6.07) is 15.5. The Balaban J connectivity index is 0.000000324. The molecule has 0 amide bonds. The molecule has 3 heteroatoms. The van der Waals surface area contributed by atoms with Crippen LogP contribution in [0.4, 0.5) is 0 Å². The topological polar surface area (TPSA) is 0 Å². The van der Waals surface area contributed by atoms with E-state index in [1.54, 1.807) is 12.2 Å². The molecule has 2 aromatic rings. The average Bonchev–Trinajstić information content (AvgIpc) is 2.41. The van der Waals surface area contributed by atoms with Crippen molar-refractivity contribution in [1.82, 2.24) is 0 Å². The van der Waals surface area contributed by atoms with Crippen molar-refractivity contribution >= 4 is 37.4 Å². The van der Waals surface area contributed by atoms with Gasteiger partial charge in [0, 0.05) is 0 Å². The molecule has 100 valence electrons. The Morgan fingerprint density at radius 3 is 1.21 bits per heavy atom. The fourth-order valence-corrected chi connectivity index (χ4v) is 1.76. The summed E-state index contributed by atoms with van der Waals surface area (Å²) in [6.07, 6.45) is 3.53. The number of rotatable bonds is 2. The van der Waals surface area contributed by atoms with E-state index in [4.69, 9.17) is 25.3 Å². The third kappa shape index (κ3) is 6.15. The van der Waals surface area contributed by atoms with Gasteiger partial charge in [-0.25, -0.2) is 0 Å². The van der Waals surface area contributed by atoms with E-state index in [1.807, 2.05) is 48.5 Å². The number of hydrogen-bond acceptors (Lipinski definition) is 2. The summed E-state index contributed by atoms with van der Waals surface area (Å²) in [5.74, 6) is 0. The van der Waals surface area contributed by atoms with Gasteiger partial charge in [-0.05, 0) is 11.1 Å². The maximum atomic E-state index is 4.98. The second kappa shape index (κ2) is 9.91. The molecular formula is C16H14PtS2. The van der Waals surface area contributed by atoms with Crippen LogP contribution in [0.3, 0.4) is 0 Å². The Labute approximate surface area is 140 Å². The van der Waals surface area contributed by atoms with E-state index in [0.717, 1.165) is 20.9 Å². The molecule has 2 aromatic carbocycles. The van der Waals surface area contributed by atoms with E-state index in [2.05, 4.69) is 13.2 Å². The molecule has 0 saturated heterocycles. The van der Waals surface area contributed by atoms with Gasteiger partial charge in [0.1, 0.15) is 0 Å². The van der Waals surface area contributed by atoms with Gasteiger partial charge in [0.05, 0.1) is 0 Å². The Morgan fingerprint density at radius 2 is 1.00 bits per heavy atom. The van der Waals surface area contributed by atoms with Crippen LogP contribution in [0.2, 0.25) is 0 Å². The molecule has 2 rings (SSSR count). The maximum absolute atomic E-state index is 4.98. The van der Waals surface area contributed by atoms with E-state index in [1.165, 1.54) is 0 Å². The summed E-state index contributed by atoms with van der Waals surface area (Å²) in [7, 11) is 0. The number of benzene rings is 2. The first-order chi connectivity index (χ1) is 8.69. The predicted octanol–water partition coefficient (Wildman–Crippen LogP) is 4.47. The number of hydrogen-bond donors (Lipinski definition) is 0. The van der Waals surface area contributed by atoms with Crippen LogP contribution in [0.25, 0.3) is 12.2 Å². The molecule has 0 aliphatic rings. The summed E-state index contributed by atoms with van der Waals surface area (Å²) in [5.41, 5.74) is 2.07. The quantitative estimate of drug-likeness (QED) is 0.601. The molecule has 0 atom stereocenters. The molecule has 0 radical (unpaired) electrons. The van der Waals surface area contributed by atoms with Crippen LogP contribution in [0, 0.1) is 0 Å². The molecule has 0 N–H and O–H groups in total.